The van der Waals surface area contributed by atoms with E-state index in [1.165, 1.54) is 12.1 Å². The van der Waals surface area contributed by atoms with Gasteiger partial charge >= 0.3 is 6.09 Å². The molecule has 1 fully saturated rings. The maximum absolute atomic E-state index is 13.7. The number of piperidine rings is 1. The molecule has 1 aromatic carbocycles. The van der Waals surface area contributed by atoms with Gasteiger partial charge in [0.25, 0.3) is 5.91 Å². The Hall–Kier alpha value is -3.16. The number of benzene rings is 1. The third-order valence-electron chi connectivity index (χ3n) is 5.45. The van der Waals surface area contributed by atoms with Crippen LogP contribution in [0.1, 0.15) is 62.9 Å². The summed E-state index contributed by atoms with van der Waals surface area (Å²) in [6.07, 6.45) is 4.89. The molecule has 2 amide bonds. The Bertz CT molecular complexity index is 1020. The van der Waals surface area contributed by atoms with E-state index in [0.717, 1.165) is 12.8 Å². The summed E-state index contributed by atoms with van der Waals surface area (Å²) in [6, 6.07) is 5.81. The summed E-state index contributed by atoms with van der Waals surface area (Å²) < 4.78 is 20.8. The Morgan fingerprint density at radius 1 is 1.21 bits per heavy atom. The third-order valence-corrected chi connectivity index (χ3v) is 5.45. The van der Waals surface area contributed by atoms with Gasteiger partial charge in [0, 0.05) is 50.1 Å². The van der Waals surface area contributed by atoms with Crippen LogP contribution in [0.15, 0.2) is 36.7 Å². The zero-order valence-corrected chi connectivity index (χ0v) is 19.7. The maximum Gasteiger partial charge on any atom is 0.410 e. The number of halogens is 1. The van der Waals surface area contributed by atoms with Crippen molar-refractivity contribution in [3.05, 3.63) is 53.6 Å². The van der Waals surface area contributed by atoms with Crippen LogP contribution < -0.4 is 5.32 Å². The number of carbonyl (C=O) groups excluding carboxylic acids is 3. The number of nitrogens with one attached hydrogen (secondary N) is 1. The number of ketones is 1. The highest BCUT2D eigenvalue weighted by Gasteiger charge is 2.29. The van der Waals surface area contributed by atoms with Gasteiger partial charge < -0.3 is 19.5 Å². The Morgan fingerprint density at radius 2 is 1.97 bits per heavy atom. The van der Waals surface area contributed by atoms with Gasteiger partial charge in [0.1, 0.15) is 17.2 Å². The summed E-state index contributed by atoms with van der Waals surface area (Å²) in [4.78, 5) is 39.3. The van der Waals surface area contributed by atoms with Crippen LogP contribution in [-0.4, -0.2) is 52.0 Å². The first-order valence-electron chi connectivity index (χ1n) is 11.3. The van der Waals surface area contributed by atoms with Crippen LogP contribution in [0, 0.1) is 5.82 Å². The van der Waals surface area contributed by atoms with Gasteiger partial charge in [-0.3, -0.25) is 9.59 Å². The number of Topliss-reactive ketones (excluding diaryl/α,β-unsaturated/α-hetero) is 1. The Labute approximate surface area is 193 Å². The molecule has 3 rings (SSSR count). The number of carbonyl (C=O) groups is 3. The van der Waals surface area contributed by atoms with Crippen molar-refractivity contribution in [3.8, 4) is 5.69 Å². The van der Waals surface area contributed by atoms with Gasteiger partial charge in [0.15, 0.2) is 0 Å². The predicted molar refractivity (Wildman–Crippen MR) is 123 cm³/mol. The molecule has 7 nitrogen and oxygen atoms in total. The standard InChI is InChI=1S/C25H32FN3O4/c1-5-21(30)12-17-14-29(20-10-6-8-18(26)13-20)16-22(17)23(31)27-19-9-7-11-28(15-19)24(32)33-25(2,3)4/h6,8,10,13-14,16,19H,5,7,9,11-12,15H2,1-4H3,(H,27,31)/t19-/m0/s1. The van der Waals surface area contributed by atoms with E-state index in [1.54, 1.807) is 40.9 Å². The van der Waals surface area contributed by atoms with Crippen LogP contribution in [0.3, 0.4) is 0 Å². The van der Waals surface area contributed by atoms with E-state index < -0.39 is 11.7 Å². The zero-order valence-electron chi connectivity index (χ0n) is 19.7. The van der Waals surface area contributed by atoms with Crippen molar-refractivity contribution in [2.75, 3.05) is 13.1 Å². The lowest BCUT2D eigenvalue weighted by molar-refractivity contribution is -0.118. The predicted octanol–water partition coefficient (Wildman–Crippen LogP) is 4.27. The topological polar surface area (TPSA) is 80.6 Å². The molecule has 1 aliphatic rings. The summed E-state index contributed by atoms with van der Waals surface area (Å²) in [5.41, 5.74) is 0.931. The molecule has 178 valence electrons. The quantitative estimate of drug-likeness (QED) is 0.703. The molecule has 33 heavy (non-hydrogen) atoms. The van der Waals surface area contributed by atoms with Gasteiger partial charge in [-0.2, -0.15) is 0 Å². The highest BCUT2D eigenvalue weighted by molar-refractivity contribution is 5.97. The lowest BCUT2D eigenvalue weighted by Gasteiger charge is -2.34. The zero-order chi connectivity index (χ0) is 24.2. The summed E-state index contributed by atoms with van der Waals surface area (Å²) >= 11 is 0. The van der Waals surface area contributed by atoms with Crippen molar-refractivity contribution in [1.82, 2.24) is 14.8 Å². The monoisotopic (exact) mass is 457 g/mol. The smallest absolute Gasteiger partial charge is 0.410 e. The fourth-order valence-corrected chi connectivity index (χ4v) is 3.82. The van der Waals surface area contributed by atoms with Gasteiger partial charge in [-0.1, -0.05) is 13.0 Å². The Kier molecular flexibility index (Phi) is 7.56. The molecule has 1 saturated heterocycles. The number of hydrogen-bond donors (Lipinski definition) is 1. The van der Waals surface area contributed by atoms with Gasteiger partial charge in [-0.05, 0) is 57.4 Å². The summed E-state index contributed by atoms with van der Waals surface area (Å²) in [5, 5.41) is 3.00. The van der Waals surface area contributed by atoms with Crippen LogP contribution in [0.4, 0.5) is 9.18 Å². The number of likely N-dealkylation sites (tertiary alicyclic amines) is 1. The van der Waals surface area contributed by atoms with Crippen LogP contribution in [0.5, 0.6) is 0 Å². The molecule has 0 bridgehead atoms. The van der Waals surface area contributed by atoms with Crippen molar-refractivity contribution >= 4 is 17.8 Å². The fourth-order valence-electron chi connectivity index (χ4n) is 3.82. The summed E-state index contributed by atoms with van der Waals surface area (Å²) in [7, 11) is 0. The van der Waals surface area contributed by atoms with E-state index in [1.807, 2.05) is 20.8 Å². The van der Waals surface area contributed by atoms with Crippen molar-refractivity contribution < 1.29 is 23.5 Å². The molecule has 0 saturated carbocycles. The molecule has 1 atom stereocenters. The highest BCUT2D eigenvalue weighted by atomic mass is 19.1. The van der Waals surface area contributed by atoms with E-state index in [9.17, 15) is 18.8 Å². The molecule has 1 aliphatic heterocycles. The van der Waals surface area contributed by atoms with Crippen LogP contribution in [0.2, 0.25) is 0 Å². The number of ether oxygens (including phenoxy) is 1. The second-order valence-corrected chi connectivity index (χ2v) is 9.39. The molecule has 8 heteroatoms. The van der Waals surface area contributed by atoms with E-state index in [-0.39, 0.29) is 30.0 Å². The van der Waals surface area contributed by atoms with Gasteiger partial charge in [-0.25, -0.2) is 9.18 Å². The maximum atomic E-state index is 13.7. The van der Waals surface area contributed by atoms with Gasteiger partial charge in [0.05, 0.1) is 5.56 Å². The summed E-state index contributed by atoms with van der Waals surface area (Å²) in [6.45, 7) is 8.16. The number of amides is 2. The molecule has 0 aliphatic carbocycles. The lowest BCUT2D eigenvalue weighted by atomic mass is 10.0. The minimum absolute atomic E-state index is 0.00908. The van der Waals surface area contributed by atoms with Crippen molar-refractivity contribution in [3.63, 3.8) is 0 Å². The normalized spacial score (nSPS) is 16.4. The minimum atomic E-state index is -0.589. The van der Waals surface area contributed by atoms with Crippen LogP contribution >= 0.6 is 0 Å². The fraction of sp³-hybridized carbons (Fsp3) is 0.480. The van der Waals surface area contributed by atoms with E-state index in [2.05, 4.69) is 5.32 Å². The third kappa shape index (κ3) is 6.66. The second kappa shape index (κ2) is 10.2. The van der Waals surface area contributed by atoms with Crippen molar-refractivity contribution in [2.24, 2.45) is 0 Å². The largest absolute Gasteiger partial charge is 0.444 e. The number of hydrogen-bond acceptors (Lipinski definition) is 4. The molecule has 0 unspecified atom stereocenters. The SMILES string of the molecule is CCC(=O)Cc1cn(-c2cccc(F)c2)cc1C(=O)N[C@H]1CCCN(C(=O)OC(C)(C)C)C1. The molecule has 0 spiro atoms. The average molecular weight is 458 g/mol. The summed E-state index contributed by atoms with van der Waals surface area (Å²) in [5.74, 6) is -0.697. The first-order chi connectivity index (χ1) is 15.6. The van der Waals surface area contributed by atoms with Crippen LogP contribution in [-0.2, 0) is 16.0 Å². The number of rotatable bonds is 6. The molecule has 2 heterocycles. The van der Waals surface area contributed by atoms with Crippen molar-refractivity contribution in [1.29, 1.82) is 0 Å². The molecule has 1 N–H and O–H groups in total. The first kappa shape index (κ1) is 24.5. The average Bonchev–Trinajstić information content (AvgIpc) is 3.16. The van der Waals surface area contributed by atoms with Crippen LogP contribution in [0.25, 0.3) is 5.69 Å². The Morgan fingerprint density at radius 3 is 2.64 bits per heavy atom. The van der Waals surface area contributed by atoms with Crippen molar-refractivity contribution in [2.45, 2.75) is 65.0 Å². The van der Waals surface area contributed by atoms with Gasteiger partial charge in [-0.15, -0.1) is 0 Å². The first-order valence-corrected chi connectivity index (χ1v) is 11.3. The number of nitrogens with zero attached hydrogens (tertiary/aromatic N) is 2. The lowest BCUT2D eigenvalue weighted by Crippen LogP contribution is -2.50. The minimum Gasteiger partial charge on any atom is -0.444 e. The highest BCUT2D eigenvalue weighted by Crippen LogP contribution is 2.20. The van der Waals surface area contributed by atoms with E-state index in [0.29, 0.717) is 36.3 Å². The van der Waals surface area contributed by atoms with E-state index >= 15 is 0 Å². The van der Waals surface area contributed by atoms with E-state index in [4.69, 9.17) is 4.74 Å². The molecule has 1 aromatic heterocycles. The number of aromatic nitrogens is 1. The molecule has 2 aromatic rings. The Balaban J connectivity index is 1.77. The second-order valence-electron chi connectivity index (χ2n) is 9.39. The molecule has 0 radical (unpaired) electrons. The molecular weight excluding hydrogens is 425 g/mol. The molecular formula is C25H32FN3O4. The van der Waals surface area contributed by atoms with Gasteiger partial charge in [0.2, 0.25) is 0 Å².